The lowest BCUT2D eigenvalue weighted by atomic mass is 10.0. The number of carboxylic acid groups (broad SMARTS) is 1. The fourth-order valence-electron chi connectivity index (χ4n) is 2.13. The van der Waals surface area contributed by atoms with Crippen LogP contribution in [-0.4, -0.2) is 30.3 Å². The van der Waals surface area contributed by atoms with Crippen LogP contribution in [0.15, 0.2) is 24.3 Å². The summed E-state index contributed by atoms with van der Waals surface area (Å²) in [6.07, 6.45) is 14.8. The van der Waals surface area contributed by atoms with Gasteiger partial charge >= 0.3 is 12.1 Å². The summed E-state index contributed by atoms with van der Waals surface area (Å²) in [7, 11) is 0. The number of amides is 1. The van der Waals surface area contributed by atoms with E-state index in [0.29, 0.717) is 31.9 Å². The standard InChI is InChI=1S/C19H33NO4/c1-3-4-7-12-17(2)13-8-5-10-15-20-19(23)24-16-11-6-9-14-18(21)22/h5,8,10,13,17H,3-4,6-7,9,11-12,14-16H2,1-2H3,(H,20,23)(H,21,22)/b10-5+,13-8+. The van der Waals surface area contributed by atoms with Crippen LogP contribution >= 0.6 is 0 Å². The van der Waals surface area contributed by atoms with Crippen LogP contribution in [0.5, 0.6) is 0 Å². The second-order valence-electron chi connectivity index (χ2n) is 6.01. The van der Waals surface area contributed by atoms with Gasteiger partial charge in [0, 0.05) is 13.0 Å². The molecule has 0 aliphatic carbocycles. The lowest BCUT2D eigenvalue weighted by Crippen LogP contribution is -2.24. The number of alkyl carbamates (subject to hydrolysis) is 1. The molecule has 0 radical (unpaired) electrons. The first-order valence-corrected chi connectivity index (χ1v) is 9.02. The van der Waals surface area contributed by atoms with Gasteiger partial charge in [-0.3, -0.25) is 4.79 Å². The molecule has 0 spiro atoms. The largest absolute Gasteiger partial charge is 0.481 e. The summed E-state index contributed by atoms with van der Waals surface area (Å²) < 4.78 is 5.00. The van der Waals surface area contributed by atoms with Gasteiger partial charge in [-0.2, -0.15) is 0 Å². The molecule has 0 bridgehead atoms. The molecule has 0 rings (SSSR count). The molecular formula is C19H33NO4. The number of nitrogens with one attached hydrogen (secondary N) is 1. The summed E-state index contributed by atoms with van der Waals surface area (Å²) in [4.78, 5) is 21.7. The summed E-state index contributed by atoms with van der Waals surface area (Å²) in [5.74, 6) is -0.204. The molecule has 2 N–H and O–H groups in total. The van der Waals surface area contributed by atoms with Gasteiger partial charge in [0.25, 0.3) is 0 Å². The molecular weight excluding hydrogens is 306 g/mol. The fourth-order valence-corrected chi connectivity index (χ4v) is 2.13. The Morgan fingerprint density at radius 2 is 1.92 bits per heavy atom. The van der Waals surface area contributed by atoms with Gasteiger partial charge in [-0.15, -0.1) is 0 Å². The third kappa shape index (κ3) is 16.6. The van der Waals surface area contributed by atoms with E-state index in [-0.39, 0.29) is 6.42 Å². The number of carbonyl (C=O) groups is 2. The van der Waals surface area contributed by atoms with Crippen molar-refractivity contribution in [2.75, 3.05) is 13.2 Å². The number of unbranched alkanes of at least 4 members (excludes halogenated alkanes) is 4. The Kier molecular flexibility index (Phi) is 14.9. The number of hydrogen-bond donors (Lipinski definition) is 2. The van der Waals surface area contributed by atoms with Crippen molar-refractivity contribution < 1.29 is 19.4 Å². The molecule has 5 nitrogen and oxygen atoms in total. The van der Waals surface area contributed by atoms with Crippen LogP contribution in [0.1, 0.15) is 65.2 Å². The number of aliphatic carboxylic acids is 1. The van der Waals surface area contributed by atoms with Crippen molar-refractivity contribution in [1.82, 2.24) is 5.32 Å². The predicted molar refractivity (Wildman–Crippen MR) is 97.0 cm³/mol. The lowest BCUT2D eigenvalue weighted by molar-refractivity contribution is -0.137. The molecule has 1 unspecified atom stereocenters. The van der Waals surface area contributed by atoms with Crippen molar-refractivity contribution >= 4 is 12.1 Å². The molecule has 0 aromatic rings. The molecule has 5 heteroatoms. The van der Waals surface area contributed by atoms with Crippen molar-refractivity contribution in [2.24, 2.45) is 5.92 Å². The zero-order valence-corrected chi connectivity index (χ0v) is 15.1. The minimum Gasteiger partial charge on any atom is -0.481 e. The van der Waals surface area contributed by atoms with Gasteiger partial charge in [0.05, 0.1) is 6.61 Å². The van der Waals surface area contributed by atoms with Gasteiger partial charge in [-0.25, -0.2) is 4.79 Å². The summed E-state index contributed by atoms with van der Waals surface area (Å²) in [5.41, 5.74) is 0. The van der Waals surface area contributed by atoms with E-state index in [1.54, 1.807) is 0 Å². The first-order chi connectivity index (χ1) is 11.6. The maximum Gasteiger partial charge on any atom is 0.407 e. The third-order valence-corrected chi connectivity index (χ3v) is 3.58. The molecule has 1 atom stereocenters. The zero-order chi connectivity index (χ0) is 18.0. The van der Waals surface area contributed by atoms with E-state index >= 15 is 0 Å². The highest BCUT2D eigenvalue weighted by Gasteiger charge is 2.00. The second-order valence-corrected chi connectivity index (χ2v) is 6.01. The Morgan fingerprint density at radius 3 is 2.62 bits per heavy atom. The number of ether oxygens (including phenoxy) is 1. The first-order valence-electron chi connectivity index (χ1n) is 9.02. The van der Waals surface area contributed by atoms with Crippen molar-refractivity contribution in [3.05, 3.63) is 24.3 Å². The monoisotopic (exact) mass is 339 g/mol. The number of rotatable bonds is 14. The Morgan fingerprint density at radius 1 is 1.12 bits per heavy atom. The topological polar surface area (TPSA) is 75.6 Å². The first kappa shape index (κ1) is 22.2. The van der Waals surface area contributed by atoms with E-state index in [0.717, 1.165) is 6.42 Å². The summed E-state index contributed by atoms with van der Waals surface area (Å²) in [6, 6.07) is 0. The van der Waals surface area contributed by atoms with Crippen LogP contribution in [0.4, 0.5) is 4.79 Å². The Balaban J connectivity index is 3.54. The van der Waals surface area contributed by atoms with Crippen molar-refractivity contribution in [3.8, 4) is 0 Å². The van der Waals surface area contributed by atoms with Gasteiger partial charge in [0.1, 0.15) is 0 Å². The molecule has 0 fully saturated rings. The second kappa shape index (κ2) is 16.1. The van der Waals surface area contributed by atoms with E-state index in [1.165, 1.54) is 25.7 Å². The Bertz CT molecular complexity index is 391. The maximum atomic E-state index is 11.4. The molecule has 0 aliphatic rings. The highest BCUT2D eigenvalue weighted by Crippen LogP contribution is 2.10. The highest BCUT2D eigenvalue weighted by molar-refractivity contribution is 5.67. The number of hydrogen-bond acceptors (Lipinski definition) is 3. The molecule has 1 amide bonds. The average Bonchev–Trinajstić information content (AvgIpc) is 2.54. The normalized spacial score (nSPS) is 12.6. The quantitative estimate of drug-likeness (QED) is 0.356. The smallest absolute Gasteiger partial charge is 0.407 e. The predicted octanol–water partition coefficient (Wildman–Crippen LogP) is 4.69. The lowest BCUT2D eigenvalue weighted by Gasteiger charge is -2.05. The maximum absolute atomic E-state index is 11.4. The van der Waals surface area contributed by atoms with Gasteiger partial charge < -0.3 is 15.2 Å². The number of carbonyl (C=O) groups excluding carboxylic acids is 1. The Labute approximate surface area is 146 Å². The van der Waals surface area contributed by atoms with Crippen LogP contribution in [0.3, 0.4) is 0 Å². The molecule has 138 valence electrons. The van der Waals surface area contributed by atoms with E-state index < -0.39 is 12.1 Å². The molecule has 24 heavy (non-hydrogen) atoms. The zero-order valence-electron chi connectivity index (χ0n) is 15.1. The number of allylic oxidation sites excluding steroid dienone is 3. The molecule has 0 aromatic carbocycles. The fraction of sp³-hybridized carbons (Fsp3) is 0.684. The van der Waals surface area contributed by atoms with Crippen LogP contribution < -0.4 is 5.32 Å². The van der Waals surface area contributed by atoms with E-state index in [2.05, 4.69) is 25.2 Å². The molecule has 0 heterocycles. The van der Waals surface area contributed by atoms with E-state index in [9.17, 15) is 9.59 Å². The van der Waals surface area contributed by atoms with E-state index in [4.69, 9.17) is 9.84 Å². The van der Waals surface area contributed by atoms with E-state index in [1.807, 2.05) is 18.2 Å². The number of carboxylic acids is 1. The van der Waals surface area contributed by atoms with Crippen LogP contribution in [0.2, 0.25) is 0 Å². The van der Waals surface area contributed by atoms with Crippen LogP contribution in [-0.2, 0) is 9.53 Å². The van der Waals surface area contributed by atoms with Gasteiger partial charge in [0.2, 0.25) is 0 Å². The van der Waals surface area contributed by atoms with Crippen LogP contribution in [0, 0.1) is 5.92 Å². The van der Waals surface area contributed by atoms with Gasteiger partial charge in [-0.1, -0.05) is 57.4 Å². The summed E-state index contributed by atoms with van der Waals surface area (Å²) >= 11 is 0. The van der Waals surface area contributed by atoms with Crippen LogP contribution in [0.25, 0.3) is 0 Å². The van der Waals surface area contributed by atoms with Crippen molar-refractivity contribution in [1.29, 1.82) is 0 Å². The summed E-state index contributed by atoms with van der Waals surface area (Å²) in [5, 5.41) is 11.1. The highest BCUT2D eigenvalue weighted by atomic mass is 16.5. The molecule has 0 saturated carbocycles. The van der Waals surface area contributed by atoms with Crippen molar-refractivity contribution in [3.63, 3.8) is 0 Å². The van der Waals surface area contributed by atoms with Gasteiger partial charge in [-0.05, 0) is 31.6 Å². The SMILES string of the molecule is CCCCCC(C)/C=C/C=C/CNC(=O)OCCCCCC(=O)O. The Hall–Kier alpha value is -1.78. The minimum absolute atomic E-state index is 0.168. The van der Waals surface area contributed by atoms with Gasteiger partial charge in [0.15, 0.2) is 0 Å². The van der Waals surface area contributed by atoms with Crippen molar-refractivity contribution in [2.45, 2.75) is 65.2 Å². The summed E-state index contributed by atoms with van der Waals surface area (Å²) in [6.45, 7) is 5.18. The molecule has 0 saturated heterocycles. The average molecular weight is 339 g/mol. The minimum atomic E-state index is -0.787. The third-order valence-electron chi connectivity index (χ3n) is 3.58. The molecule has 0 aliphatic heterocycles. The molecule has 0 aromatic heterocycles.